The molecule has 2 heterocycles. The van der Waals surface area contributed by atoms with Gasteiger partial charge in [-0.15, -0.1) is 11.8 Å². The first kappa shape index (κ1) is 13.3. The second kappa shape index (κ2) is 5.70. The van der Waals surface area contributed by atoms with Gasteiger partial charge >= 0.3 is 5.97 Å². The van der Waals surface area contributed by atoms with Crippen molar-refractivity contribution < 1.29 is 19.5 Å². The van der Waals surface area contributed by atoms with Crippen LogP contribution in [0.15, 0.2) is 18.2 Å². The van der Waals surface area contributed by atoms with Crippen LogP contribution in [0.1, 0.15) is 10.5 Å². The summed E-state index contributed by atoms with van der Waals surface area (Å²) >= 11 is 1.45. The highest BCUT2D eigenvalue weighted by Crippen LogP contribution is 2.14. The SMILES string of the molecule is O=C(CN1CSCC1=O)Nc1cccc(C(=O)O)n1. The van der Waals surface area contributed by atoms with E-state index in [9.17, 15) is 14.4 Å². The molecule has 0 radical (unpaired) electrons. The average molecular weight is 281 g/mol. The van der Waals surface area contributed by atoms with Crippen molar-refractivity contribution in [3.63, 3.8) is 0 Å². The molecule has 1 saturated heterocycles. The number of rotatable bonds is 4. The van der Waals surface area contributed by atoms with E-state index in [2.05, 4.69) is 10.3 Å². The minimum absolute atomic E-state index is 0.0508. The molecule has 2 amide bonds. The molecule has 2 N–H and O–H groups in total. The minimum atomic E-state index is -1.16. The summed E-state index contributed by atoms with van der Waals surface area (Å²) in [6.07, 6.45) is 0. The molecule has 1 aromatic heterocycles. The first-order valence-corrected chi connectivity index (χ1v) is 6.57. The van der Waals surface area contributed by atoms with Gasteiger partial charge in [0.2, 0.25) is 11.8 Å². The Morgan fingerprint density at radius 1 is 1.47 bits per heavy atom. The van der Waals surface area contributed by atoms with E-state index in [0.717, 1.165) is 0 Å². The van der Waals surface area contributed by atoms with E-state index in [1.165, 1.54) is 34.9 Å². The first-order valence-electron chi connectivity index (χ1n) is 5.42. The van der Waals surface area contributed by atoms with Gasteiger partial charge in [-0.3, -0.25) is 9.59 Å². The molecule has 7 nitrogen and oxygen atoms in total. The lowest BCUT2D eigenvalue weighted by atomic mass is 10.3. The molecule has 0 bridgehead atoms. The Hall–Kier alpha value is -2.09. The maximum Gasteiger partial charge on any atom is 0.354 e. The van der Waals surface area contributed by atoms with E-state index in [1.807, 2.05) is 0 Å². The molecule has 0 atom stereocenters. The zero-order valence-corrected chi connectivity index (χ0v) is 10.6. The number of aromatic nitrogens is 1. The first-order chi connectivity index (χ1) is 9.06. The molecule has 1 aliphatic rings. The van der Waals surface area contributed by atoms with E-state index >= 15 is 0 Å². The Kier molecular flexibility index (Phi) is 4.00. The van der Waals surface area contributed by atoms with Gasteiger partial charge in [0.15, 0.2) is 5.69 Å². The van der Waals surface area contributed by atoms with E-state index < -0.39 is 11.9 Å². The van der Waals surface area contributed by atoms with Gasteiger partial charge in [0.05, 0.1) is 11.6 Å². The van der Waals surface area contributed by atoms with Crippen molar-refractivity contribution in [1.82, 2.24) is 9.88 Å². The summed E-state index contributed by atoms with van der Waals surface area (Å²) in [6, 6.07) is 4.31. The monoisotopic (exact) mass is 281 g/mol. The van der Waals surface area contributed by atoms with Crippen LogP contribution in [0.5, 0.6) is 0 Å². The smallest absolute Gasteiger partial charge is 0.354 e. The number of pyridine rings is 1. The topological polar surface area (TPSA) is 99.6 Å². The summed E-state index contributed by atoms with van der Waals surface area (Å²) in [7, 11) is 0. The normalized spacial score (nSPS) is 14.5. The van der Waals surface area contributed by atoms with Crippen molar-refractivity contribution in [3.8, 4) is 0 Å². The van der Waals surface area contributed by atoms with Crippen molar-refractivity contribution in [3.05, 3.63) is 23.9 Å². The Labute approximate surface area is 113 Å². The van der Waals surface area contributed by atoms with E-state index in [4.69, 9.17) is 5.11 Å². The van der Waals surface area contributed by atoms with Crippen LogP contribution in [0.4, 0.5) is 5.82 Å². The predicted molar refractivity (Wildman–Crippen MR) is 68.9 cm³/mol. The van der Waals surface area contributed by atoms with Crippen LogP contribution >= 0.6 is 11.8 Å². The van der Waals surface area contributed by atoms with Crippen molar-refractivity contribution in [2.45, 2.75) is 0 Å². The van der Waals surface area contributed by atoms with Crippen LogP contribution in [0.2, 0.25) is 0 Å². The maximum absolute atomic E-state index is 11.7. The molecule has 0 unspecified atom stereocenters. The fourth-order valence-electron chi connectivity index (χ4n) is 1.52. The molecular formula is C11H11N3O4S. The van der Waals surface area contributed by atoms with Gasteiger partial charge in [0.1, 0.15) is 12.4 Å². The van der Waals surface area contributed by atoms with Crippen LogP contribution < -0.4 is 5.32 Å². The predicted octanol–water partition coefficient (Wildman–Crippen LogP) is 0.251. The number of anilines is 1. The molecule has 0 saturated carbocycles. The quantitative estimate of drug-likeness (QED) is 0.820. The lowest BCUT2D eigenvalue weighted by molar-refractivity contribution is -0.130. The lowest BCUT2D eigenvalue weighted by Gasteiger charge is -2.13. The van der Waals surface area contributed by atoms with E-state index in [1.54, 1.807) is 0 Å². The second-order valence-corrected chi connectivity index (χ2v) is 4.79. The molecule has 1 aromatic rings. The third kappa shape index (κ3) is 3.44. The van der Waals surface area contributed by atoms with Gasteiger partial charge in [0.25, 0.3) is 0 Å². The van der Waals surface area contributed by atoms with Crippen molar-refractivity contribution in [2.75, 3.05) is 23.5 Å². The zero-order chi connectivity index (χ0) is 13.8. The molecule has 0 spiro atoms. The number of carbonyl (C=O) groups excluding carboxylic acids is 2. The van der Waals surface area contributed by atoms with Crippen molar-refractivity contribution >= 4 is 35.4 Å². The number of amides is 2. The Morgan fingerprint density at radius 3 is 2.89 bits per heavy atom. The van der Waals surface area contributed by atoms with Gasteiger partial charge in [-0.05, 0) is 12.1 Å². The summed E-state index contributed by atoms with van der Waals surface area (Å²) in [5.41, 5.74) is -0.148. The van der Waals surface area contributed by atoms with Crippen molar-refractivity contribution in [2.24, 2.45) is 0 Å². The minimum Gasteiger partial charge on any atom is -0.477 e. The van der Waals surface area contributed by atoms with Crippen LogP contribution in [-0.2, 0) is 9.59 Å². The Morgan fingerprint density at radius 2 is 2.26 bits per heavy atom. The highest BCUT2D eigenvalue weighted by atomic mass is 32.2. The number of aromatic carboxylic acids is 1. The number of nitrogens with one attached hydrogen (secondary N) is 1. The van der Waals surface area contributed by atoms with Gasteiger partial charge < -0.3 is 15.3 Å². The second-order valence-electron chi connectivity index (χ2n) is 3.83. The van der Waals surface area contributed by atoms with Crippen LogP contribution in [-0.4, -0.2) is 50.9 Å². The highest BCUT2D eigenvalue weighted by Gasteiger charge is 2.23. The van der Waals surface area contributed by atoms with Crippen molar-refractivity contribution in [1.29, 1.82) is 0 Å². The number of carbonyl (C=O) groups is 3. The number of hydrogen-bond acceptors (Lipinski definition) is 5. The van der Waals surface area contributed by atoms with Crippen LogP contribution in [0.25, 0.3) is 0 Å². The highest BCUT2D eigenvalue weighted by molar-refractivity contribution is 8.00. The summed E-state index contributed by atoms with van der Waals surface area (Å²) in [6.45, 7) is -0.0508. The maximum atomic E-state index is 11.7. The summed E-state index contributed by atoms with van der Waals surface area (Å²) < 4.78 is 0. The molecule has 1 fully saturated rings. The van der Waals surface area contributed by atoms with Crippen LogP contribution in [0, 0.1) is 0 Å². The number of hydrogen-bond donors (Lipinski definition) is 2. The number of carboxylic acid groups (broad SMARTS) is 1. The molecule has 0 aliphatic carbocycles. The summed E-state index contributed by atoms with van der Waals surface area (Å²) in [5, 5.41) is 11.2. The fraction of sp³-hybridized carbons (Fsp3) is 0.273. The molecule has 100 valence electrons. The number of thioether (sulfide) groups is 1. The van der Waals surface area contributed by atoms with Gasteiger partial charge in [-0.2, -0.15) is 0 Å². The third-order valence-electron chi connectivity index (χ3n) is 2.40. The molecule has 8 heteroatoms. The molecule has 19 heavy (non-hydrogen) atoms. The molecular weight excluding hydrogens is 270 g/mol. The molecule has 0 aromatic carbocycles. The van der Waals surface area contributed by atoms with Gasteiger partial charge in [-0.25, -0.2) is 9.78 Å². The fourth-order valence-corrected chi connectivity index (χ4v) is 2.42. The van der Waals surface area contributed by atoms with Gasteiger partial charge in [-0.1, -0.05) is 6.07 Å². The van der Waals surface area contributed by atoms with E-state index in [-0.39, 0.29) is 24.0 Å². The Balaban J connectivity index is 1.97. The standard InChI is InChI=1S/C11H11N3O4S/c15-9(4-14-6-19-5-10(14)16)13-8-3-1-2-7(12-8)11(17)18/h1-3H,4-6H2,(H,17,18)(H,12,13,15). The summed E-state index contributed by atoms with van der Waals surface area (Å²) in [5.74, 6) is -0.598. The number of nitrogens with zero attached hydrogens (tertiary/aromatic N) is 2. The third-order valence-corrected chi connectivity index (χ3v) is 3.34. The Bertz CT molecular complexity index is 534. The summed E-state index contributed by atoms with van der Waals surface area (Å²) in [4.78, 5) is 39.0. The van der Waals surface area contributed by atoms with Crippen LogP contribution in [0.3, 0.4) is 0 Å². The average Bonchev–Trinajstić information content (AvgIpc) is 2.75. The molecule has 1 aliphatic heterocycles. The zero-order valence-electron chi connectivity index (χ0n) is 9.83. The lowest BCUT2D eigenvalue weighted by Crippen LogP contribution is -2.34. The van der Waals surface area contributed by atoms with Gasteiger partial charge in [0, 0.05) is 0 Å². The number of carboxylic acids is 1. The molecule has 2 rings (SSSR count). The largest absolute Gasteiger partial charge is 0.477 e. The van der Waals surface area contributed by atoms with E-state index in [0.29, 0.717) is 11.6 Å².